The van der Waals surface area contributed by atoms with Crippen LogP contribution in [-0.2, 0) is 0 Å². The van der Waals surface area contributed by atoms with Gasteiger partial charge in [-0.3, -0.25) is 9.59 Å². The van der Waals surface area contributed by atoms with E-state index in [4.69, 9.17) is 0 Å². The van der Waals surface area contributed by atoms with Gasteiger partial charge in [-0.25, -0.2) is 0 Å². The minimum atomic E-state index is -0.617. The van der Waals surface area contributed by atoms with Gasteiger partial charge >= 0.3 is 0 Å². The molecule has 0 radical (unpaired) electrons. The zero-order chi connectivity index (χ0) is 13.2. The molecule has 1 heterocycles. The Bertz CT molecular complexity index is 477. The first-order valence-electron chi connectivity index (χ1n) is 5.47. The summed E-state index contributed by atoms with van der Waals surface area (Å²) in [7, 11) is 1.56. The Labute approximate surface area is 100 Å². The SMILES string of the molecule is Cc1cc(C)c(C(=O)N(C)CC(C)O)c(=O)[nH]1. The van der Waals surface area contributed by atoms with Crippen molar-refractivity contribution in [3.8, 4) is 0 Å². The van der Waals surface area contributed by atoms with Gasteiger partial charge in [-0.15, -0.1) is 0 Å². The molecule has 1 aromatic rings. The van der Waals surface area contributed by atoms with Crippen molar-refractivity contribution in [2.75, 3.05) is 13.6 Å². The molecule has 1 rings (SSSR count). The van der Waals surface area contributed by atoms with Crippen LogP contribution in [-0.4, -0.2) is 40.6 Å². The molecule has 2 N–H and O–H groups in total. The molecule has 1 aromatic heterocycles. The van der Waals surface area contributed by atoms with Crippen LogP contribution in [0.2, 0.25) is 0 Å². The second-order valence-corrected chi connectivity index (χ2v) is 4.37. The number of pyridine rings is 1. The van der Waals surface area contributed by atoms with E-state index in [9.17, 15) is 14.7 Å². The average Bonchev–Trinajstić information content (AvgIpc) is 2.14. The molecule has 1 unspecified atom stereocenters. The van der Waals surface area contributed by atoms with E-state index >= 15 is 0 Å². The zero-order valence-corrected chi connectivity index (χ0v) is 10.6. The minimum absolute atomic E-state index is 0.138. The van der Waals surface area contributed by atoms with Crippen LogP contribution in [0.5, 0.6) is 0 Å². The molecule has 0 aliphatic rings. The Morgan fingerprint density at radius 2 is 2.12 bits per heavy atom. The standard InChI is InChI=1S/C12H18N2O3/c1-7-5-8(2)13-11(16)10(7)12(17)14(4)6-9(3)15/h5,9,15H,6H2,1-4H3,(H,13,16). The maximum atomic E-state index is 12.0. The van der Waals surface area contributed by atoms with Crippen molar-refractivity contribution in [2.24, 2.45) is 0 Å². The van der Waals surface area contributed by atoms with E-state index in [1.807, 2.05) is 0 Å². The number of rotatable bonds is 3. The first kappa shape index (κ1) is 13.4. The van der Waals surface area contributed by atoms with E-state index in [2.05, 4.69) is 4.98 Å². The van der Waals surface area contributed by atoms with Gasteiger partial charge in [-0.1, -0.05) is 0 Å². The first-order chi connectivity index (χ1) is 7.82. The van der Waals surface area contributed by atoms with Crippen molar-refractivity contribution < 1.29 is 9.90 Å². The average molecular weight is 238 g/mol. The van der Waals surface area contributed by atoms with Gasteiger partial charge in [-0.05, 0) is 32.4 Å². The summed E-state index contributed by atoms with van der Waals surface area (Å²) in [6, 6.07) is 1.75. The number of aliphatic hydroxyl groups excluding tert-OH is 1. The van der Waals surface area contributed by atoms with Gasteiger partial charge in [0.1, 0.15) is 5.56 Å². The molecule has 5 nitrogen and oxygen atoms in total. The summed E-state index contributed by atoms with van der Waals surface area (Å²) < 4.78 is 0. The van der Waals surface area contributed by atoms with E-state index in [0.29, 0.717) is 5.56 Å². The molecule has 1 atom stereocenters. The van der Waals surface area contributed by atoms with Crippen LogP contribution < -0.4 is 5.56 Å². The maximum Gasteiger partial charge on any atom is 0.261 e. The Kier molecular flexibility index (Phi) is 4.07. The third-order valence-electron chi connectivity index (χ3n) is 2.46. The summed E-state index contributed by atoms with van der Waals surface area (Å²) in [6.07, 6.45) is -0.617. The van der Waals surface area contributed by atoms with E-state index in [1.165, 1.54) is 4.90 Å². The van der Waals surface area contributed by atoms with Crippen LogP contribution in [0.1, 0.15) is 28.5 Å². The van der Waals surface area contributed by atoms with Gasteiger partial charge in [0.25, 0.3) is 11.5 Å². The normalized spacial score (nSPS) is 12.3. The van der Waals surface area contributed by atoms with Gasteiger partial charge in [0.05, 0.1) is 6.10 Å². The quantitative estimate of drug-likeness (QED) is 0.802. The molecule has 0 aliphatic carbocycles. The molecule has 94 valence electrons. The lowest BCUT2D eigenvalue weighted by Crippen LogP contribution is -2.36. The lowest BCUT2D eigenvalue weighted by molar-refractivity contribution is 0.0701. The summed E-state index contributed by atoms with van der Waals surface area (Å²) in [5.41, 5.74) is 1.12. The van der Waals surface area contributed by atoms with Crippen molar-refractivity contribution in [2.45, 2.75) is 26.9 Å². The smallest absolute Gasteiger partial charge is 0.261 e. The number of likely N-dealkylation sites (N-methyl/N-ethyl adjacent to an activating group) is 1. The van der Waals surface area contributed by atoms with Crippen molar-refractivity contribution >= 4 is 5.91 Å². The molecule has 17 heavy (non-hydrogen) atoms. The van der Waals surface area contributed by atoms with Crippen LogP contribution in [0.3, 0.4) is 0 Å². The third-order valence-corrected chi connectivity index (χ3v) is 2.46. The van der Waals surface area contributed by atoms with E-state index in [-0.39, 0.29) is 23.6 Å². The number of H-pyrrole nitrogens is 1. The second kappa shape index (κ2) is 5.14. The molecule has 0 spiro atoms. The van der Waals surface area contributed by atoms with Crippen molar-refractivity contribution in [1.29, 1.82) is 0 Å². The fourth-order valence-electron chi connectivity index (χ4n) is 1.79. The number of nitrogens with zero attached hydrogens (tertiary/aromatic N) is 1. The summed E-state index contributed by atoms with van der Waals surface area (Å²) in [5, 5.41) is 9.22. The number of hydrogen-bond acceptors (Lipinski definition) is 3. The molecule has 0 fully saturated rings. The second-order valence-electron chi connectivity index (χ2n) is 4.37. The fraction of sp³-hybridized carbons (Fsp3) is 0.500. The number of carbonyl (C=O) groups is 1. The predicted octanol–water partition coefficient (Wildman–Crippen LogP) is 0.445. The number of aliphatic hydroxyl groups is 1. The highest BCUT2D eigenvalue weighted by Gasteiger charge is 2.19. The number of hydrogen-bond donors (Lipinski definition) is 2. The predicted molar refractivity (Wildman–Crippen MR) is 65.2 cm³/mol. The monoisotopic (exact) mass is 238 g/mol. The summed E-state index contributed by atoms with van der Waals surface area (Å²) >= 11 is 0. The first-order valence-corrected chi connectivity index (χ1v) is 5.47. The molecule has 1 amide bonds. The van der Waals surface area contributed by atoms with Crippen molar-refractivity contribution in [1.82, 2.24) is 9.88 Å². The number of aromatic nitrogens is 1. The van der Waals surface area contributed by atoms with Gasteiger partial charge in [0, 0.05) is 19.3 Å². The lowest BCUT2D eigenvalue weighted by Gasteiger charge is -2.19. The van der Waals surface area contributed by atoms with Gasteiger partial charge in [-0.2, -0.15) is 0 Å². The lowest BCUT2D eigenvalue weighted by atomic mass is 10.1. The topological polar surface area (TPSA) is 73.4 Å². The molecule has 0 aliphatic heterocycles. The number of carbonyl (C=O) groups excluding carboxylic acids is 1. The largest absolute Gasteiger partial charge is 0.392 e. The Hall–Kier alpha value is -1.62. The van der Waals surface area contributed by atoms with Crippen LogP contribution in [0.4, 0.5) is 0 Å². The van der Waals surface area contributed by atoms with Gasteiger partial charge < -0.3 is 15.0 Å². The van der Waals surface area contributed by atoms with Crippen molar-refractivity contribution in [3.05, 3.63) is 33.2 Å². The third kappa shape index (κ3) is 3.17. The highest BCUT2D eigenvalue weighted by Crippen LogP contribution is 2.06. The highest BCUT2D eigenvalue weighted by atomic mass is 16.3. The van der Waals surface area contributed by atoms with Crippen LogP contribution in [0.25, 0.3) is 0 Å². The van der Waals surface area contributed by atoms with Crippen molar-refractivity contribution in [3.63, 3.8) is 0 Å². The van der Waals surface area contributed by atoms with Crippen LogP contribution in [0, 0.1) is 13.8 Å². The molecule has 5 heteroatoms. The highest BCUT2D eigenvalue weighted by molar-refractivity contribution is 5.95. The molecule has 0 saturated heterocycles. The van der Waals surface area contributed by atoms with Crippen LogP contribution in [0.15, 0.2) is 10.9 Å². The number of amides is 1. The number of aryl methyl sites for hydroxylation is 2. The van der Waals surface area contributed by atoms with Gasteiger partial charge in [0.15, 0.2) is 0 Å². The number of nitrogens with one attached hydrogen (secondary N) is 1. The molecule has 0 saturated carbocycles. The van der Waals surface area contributed by atoms with E-state index < -0.39 is 6.10 Å². The maximum absolute atomic E-state index is 12.0. The van der Waals surface area contributed by atoms with Crippen LogP contribution >= 0.6 is 0 Å². The molecular formula is C12H18N2O3. The van der Waals surface area contributed by atoms with E-state index in [1.54, 1.807) is 33.9 Å². The van der Waals surface area contributed by atoms with E-state index in [0.717, 1.165) is 5.69 Å². The summed E-state index contributed by atoms with van der Waals surface area (Å²) in [6.45, 7) is 5.29. The fourth-order valence-corrected chi connectivity index (χ4v) is 1.79. The Morgan fingerprint density at radius 3 is 2.59 bits per heavy atom. The van der Waals surface area contributed by atoms with Gasteiger partial charge in [0.2, 0.25) is 0 Å². The molecule has 0 aromatic carbocycles. The zero-order valence-electron chi connectivity index (χ0n) is 10.6. The Balaban J connectivity index is 3.09. The Morgan fingerprint density at radius 1 is 1.53 bits per heavy atom. The molecular weight excluding hydrogens is 220 g/mol. The molecule has 0 bridgehead atoms. The minimum Gasteiger partial charge on any atom is -0.392 e. The summed E-state index contributed by atoms with van der Waals surface area (Å²) in [5.74, 6) is -0.371. The summed E-state index contributed by atoms with van der Waals surface area (Å²) in [4.78, 5) is 27.7. The number of aromatic amines is 1.